The summed E-state index contributed by atoms with van der Waals surface area (Å²) in [6, 6.07) is 5.35. The molecular formula is C10H11NO2. The molecule has 2 rings (SSSR count). The van der Waals surface area contributed by atoms with Crippen molar-refractivity contribution < 1.29 is 9.94 Å². The number of oxime groups is 1. The van der Waals surface area contributed by atoms with Crippen LogP contribution < -0.4 is 0 Å². The molecule has 13 heavy (non-hydrogen) atoms. The summed E-state index contributed by atoms with van der Waals surface area (Å²) < 4.78 is 0. The number of hydrogen-bond donors (Lipinski definition) is 1. The molecule has 0 fully saturated rings. The van der Waals surface area contributed by atoms with Gasteiger partial charge in [-0.25, -0.2) is 0 Å². The van der Waals surface area contributed by atoms with E-state index in [0.717, 1.165) is 29.7 Å². The topological polar surface area (TPSA) is 41.8 Å². The van der Waals surface area contributed by atoms with Crippen LogP contribution in [-0.2, 0) is 11.3 Å². The first-order valence-electron chi connectivity index (χ1n) is 4.23. The van der Waals surface area contributed by atoms with Crippen molar-refractivity contribution in [2.45, 2.75) is 12.8 Å². The van der Waals surface area contributed by atoms with E-state index in [1.165, 1.54) is 0 Å². The molecule has 1 aliphatic carbocycles. The number of hydrogen-bond acceptors (Lipinski definition) is 3. The van der Waals surface area contributed by atoms with E-state index < -0.39 is 0 Å². The van der Waals surface area contributed by atoms with Crippen LogP contribution in [0.1, 0.15) is 17.5 Å². The van der Waals surface area contributed by atoms with Crippen LogP contribution in [-0.4, -0.2) is 17.9 Å². The first-order chi connectivity index (χ1) is 6.31. The molecule has 0 atom stereocenters. The zero-order valence-electron chi connectivity index (χ0n) is 7.45. The van der Waals surface area contributed by atoms with Crippen LogP contribution in [0.15, 0.2) is 23.4 Å². The zero-order chi connectivity index (χ0) is 9.26. The van der Waals surface area contributed by atoms with Crippen molar-refractivity contribution >= 4 is 5.71 Å². The molecule has 1 aromatic rings. The van der Waals surface area contributed by atoms with E-state index in [4.69, 9.17) is 4.84 Å². The number of nitrogens with zero attached hydrogens (tertiary/aromatic N) is 1. The van der Waals surface area contributed by atoms with Gasteiger partial charge in [-0.2, -0.15) is 0 Å². The molecule has 1 N–H and O–H groups in total. The molecule has 1 aliphatic rings. The Morgan fingerprint density at radius 1 is 1.38 bits per heavy atom. The fourth-order valence-electron chi connectivity index (χ4n) is 1.66. The van der Waals surface area contributed by atoms with Crippen LogP contribution >= 0.6 is 0 Å². The lowest BCUT2D eigenvalue weighted by atomic mass is 10.1. The quantitative estimate of drug-likeness (QED) is 0.663. The Morgan fingerprint density at radius 2 is 2.23 bits per heavy atom. The first-order valence-corrected chi connectivity index (χ1v) is 4.23. The molecule has 0 aromatic heterocycles. The molecule has 0 spiro atoms. The van der Waals surface area contributed by atoms with E-state index >= 15 is 0 Å². The predicted molar refractivity (Wildman–Crippen MR) is 50.0 cm³/mol. The van der Waals surface area contributed by atoms with Crippen molar-refractivity contribution in [3.8, 4) is 5.75 Å². The van der Waals surface area contributed by atoms with E-state index in [9.17, 15) is 5.11 Å². The minimum Gasteiger partial charge on any atom is -0.508 e. The SMILES string of the molecule is CO/N=C1/CCc2cc(O)ccc21. The third-order valence-electron chi connectivity index (χ3n) is 2.23. The maximum Gasteiger partial charge on any atom is 0.115 e. The van der Waals surface area contributed by atoms with Gasteiger partial charge < -0.3 is 9.94 Å². The molecule has 0 saturated heterocycles. The molecule has 0 unspecified atom stereocenters. The summed E-state index contributed by atoms with van der Waals surface area (Å²) >= 11 is 0. The number of rotatable bonds is 1. The molecule has 0 heterocycles. The van der Waals surface area contributed by atoms with Crippen molar-refractivity contribution in [3.63, 3.8) is 0 Å². The molecule has 0 saturated carbocycles. The summed E-state index contributed by atoms with van der Waals surface area (Å²) in [5, 5.41) is 13.2. The maximum absolute atomic E-state index is 9.24. The van der Waals surface area contributed by atoms with Gasteiger partial charge >= 0.3 is 0 Å². The summed E-state index contributed by atoms with van der Waals surface area (Å²) in [4.78, 5) is 4.74. The number of fused-ring (bicyclic) bond motifs is 1. The highest BCUT2D eigenvalue weighted by molar-refractivity contribution is 6.04. The third-order valence-corrected chi connectivity index (χ3v) is 2.23. The van der Waals surface area contributed by atoms with Gasteiger partial charge in [0.1, 0.15) is 12.9 Å². The summed E-state index contributed by atoms with van der Waals surface area (Å²) in [5.74, 6) is 0.317. The molecule has 0 aliphatic heterocycles. The summed E-state index contributed by atoms with van der Waals surface area (Å²) in [6.45, 7) is 0. The second-order valence-electron chi connectivity index (χ2n) is 3.06. The molecule has 1 aromatic carbocycles. The number of phenols is 1. The average molecular weight is 177 g/mol. The van der Waals surface area contributed by atoms with E-state index in [1.807, 2.05) is 6.07 Å². The van der Waals surface area contributed by atoms with Crippen molar-refractivity contribution in [3.05, 3.63) is 29.3 Å². The first kappa shape index (κ1) is 8.10. The minimum absolute atomic E-state index is 0.317. The highest BCUT2D eigenvalue weighted by Gasteiger charge is 2.18. The Hall–Kier alpha value is -1.51. The number of phenolic OH excluding ortho intramolecular Hbond substituents is 1. The largest absolute Gasteiger partial charge is 0.508 e. The second-order valence-corrected chi connectivity index (χ2v) is 3.06. The normalized spacial score (nSPS) is 17.5. The number of benzene rings is 1. The van der Waals surface area contributed by atoms with E-state index in [2.05, 4.69) is 5.16 Å². The maximum atomic E-state index is 9.24. The molecule has 0 radical (unpaired) electrons. The van der Waals surface area contributed by atoms with Gasteiger partial charge in [0, 0.05) is 5.56 Å². The zero-order valence-corrected chi connectivity index (χ0v) is 7.45. The average Bonchev–Trinajstić information content (AvgIpc) is 2.49. The van der Waals surface area contributed by atoms with Crippen molar-refractivity contribution in [1.82, 2.24) is 0 Å². The van der Waals surface area contributed by atoms with E-state index in [1.54, 1.807) is 19.2 Å². The second kappa shape index (κ2) is 3.09. The van der Waals surface area contributed by atoms with Gasteiger partial charge in [0.15, 0.2) is 0 Å². The van der Waals surface area contributed by atoms with Gasteiger partial charge in [-0.15, -0.1) is 0 Å². The van der Waals surface area contributed by atoms with Crippen LogP contribution in [0.25, 0.3) is 0 Å². The van der Waals surface area contributed by atoms with Crippen LogP contribution in [0.2, 0.25) is 0 Å². The van der Waals surface area contributed by atoms with E-state index in [0.29, 0.717) is 5.75 Å². The Labute approximate surface area is 76.6 Å². The van der Waals surface area contributed by atoms with Gasteiger partial charge in [0.05, 0.1) is 5.71 Å². The number of aryl methyl sites for hydroxylation is 1. The summed E-state index contributed by atoms with van der Waals surface area (Å²) in [6.07, 6.45) is 1.83. The Kier molecular flexibility index (Phi) is 1.93. The standard InChI is InChI=1S/C10H11NO2/c1-13-11-10-5-2-7-6-8(12)3-4-9(7)10/h3-4,6,12H,2,5H2,1H3/b11-10-. The van der Waals surface area contributed by atoms with Crippen LogP contribution in [0.3, 0.4) is 0 Å². The molecular weight excluding hydrogens is 166 g/mol. The van der Waals surface area contributed by atoms with Crippen molar-refractivity contribution in [1.29, 1.82) is 0 Å². The smallest absolute Gasteiger partial charge is 0.115 e. The number of aromatic hydroxyl groups is 1. The lowest BCUT2D eigenvalue weighted by Gasteiger charge is -1.99. The molecule has 3 nitrogen and oxygen atoms in total. The molecule has 3 heteroatoms. The van der Waals surface area contributed by atoms with Crippen LogP contribution in [0, 0.1) is 0 Å². The van der Waals surface area contributed by atoms with Gasteiger partial charge in [0.2, 0.25) is 0 Å². The summed E-state index contributed by atoms with van der Waals surface area (Å²) in [7, 11) is 1.55. The third kappa shape index (κ3) is 1.37. The highest BCUT2D eigenvalue weighted by Crippen LogP contribution is 2.25. The predicted octanol–water partition coefficient (Wildman–Crippen LogP) is 1.69. The van der Waals surface area contributed by atoms with Crippen LogP contribution in [0.4, 0.5) is 0 Å². The van der Waals surface area contributed by atoms with Gasteiger partial charge in [-0.1, -0.05) is 5.16 Å². The highest BCUT2D eigenvalue weighted by atomic mass is 16.6. The monoisotopic (exact) mass is 177 g/mol. The Balaban J connectivity index is 2.44. The van der Waals surface area contributed by atoms with Gasteiger partial charge in [-0.05, 0) is 36.6 Å². The van der Waals surface area contributed by atoms with E-state index in [-0.39, 0.29) is 0 Å². The lowest BCUT2D eigenvalue weighted by molar-refractivity contribution is 0.213. The van der Waals surface area contributed by atoms with Crippen molar-refractivity contribution in [2.24, 2.45) is 5.16 Å². The molecule has 0 amide bonds. The van der Waals surface area contributed by atoms with Crippen molar-refractivity contribution in [2.75, 3.05) is 7.11 Å². The fourth-order valence-corrected chi connectivity index (χ4v) is 1.66. The van der Waals surface area contributed by atoms with Gasteiger partial charge in [-0.3, -0.25) is 0 Å². The summed E-state index contributed by atoms with van der Waals surface area (Å²) in [5.41, 5.74) is 3.22. The van der Waals surface area contributed by atoms with Gasteiger partial charge in [0.25, 0.3) is 0 Å². The van der Waals surface area contributed by atoms with Crippen LogP contribution in [0.5, 0.6) is 5.75 Å². The Bertz CT molecular complexity index is 358. The Morgan fingerprint density at radius 3 is 3.00 bits per heavy atom. The fraction of sp³-hybridized carbons (Fsp3) is 0.300. The molecule has 0 bridgehead atoms. The lowest BCUT2D eigenvalue weighted by Crippen LogP contribution is -1.94. The minimum atomic E-state index is 0.317. The molecule has 68 valence electrons.